The Bertz CT molecular complexity index is 714. The zero-order chi connectivity index (χ0) is 16.9. The molecule has 0 fully saturated rings. The van der Waals surface area contributed by atoms with E-state index >= 15 is 0 Å². The Labute approximate surface area is 143 Å². The maximum absolute atomic E-state index is 11.2. The minimum absolute atomic E-state index is 0.0657. The van der Waals surface area contributed by atoms with Gasteiger partial charge in [-0.25, -0.2) is 0 Å². The lowest BCUT2D eigenvalue weighted by atomic mass is 10.1. The molecule has 1 amide bonds. The van der Waals surface area contributed by atoms with Crippen molar-refractivity contribution in [3.63, 3.8) is 0 Å². The van der Waals surface area contributed by atoms with Crippen molar-refractivity contribution in [1.82, 2.24) is 4.90 Å². The Morgan fingerprint density at radius 3 is 2.88 bits per heavy atom. The summed E-state index contributed by atoms with van der Waals surface area (Å²) in [6.07, 6.45) is 2.18. The van der Waals surface area contributed by atoms with Crippen molar-refractivity contribution in [2.24, 2.45) is 0 Å². The van der Waals surface area contributed by atoms with Gasteiger partial charge in [-0.1, -0.05) is 36.4 Å². The lowest BCUT2D eigenvalue weighted by Gasteiger charge is -2.29. The Hall–Kier alpha value is -2.17. The number of fused-ring (bicyclic) bond motifs is 1. The van der Waals surface area contributed by atoms with Crippen LogP contribution in [-0.4, -0.2) is 29.1 Å². The number of amides is 1. The number of rotatable bonds is 6. The third kappa shape index (κ3) is 3.83. The van der Waals surface area contributed by atoms with Crippen LogP contribution in [0.2, 0.25) is 0 Å². The van der Waals surface area contributed by atoms with Gasteiger partial charge in [0.25, 0.3) is 0 Å². The number of anilines is 1. The van der Waals surface area contributed by atoms with E-state index in [0.717, 1.165) is 30.6 Å². The lowest BCUT2D eigenvalue weighted by molar-refractivity contribution is -0.114. The van der Waals surface area contributed by atoms with Crippen LogP contribution in [0.4, 0.5) is 5.69 Å². The molecule has 3 rings (SSSR count). The van der Waals surface area contributed by atoms with Crippen LogP contribution in [-0.2, 0) is 17.8 Å². The van der Waals surface area contributed by atoms with Gasteiger partial charge in [0.2, 0.25) is 5.91 Å². The minimum atomic E-state index is -0.0657. The predicted octanol–water partition coefficient (Wildman–Crippen LogP) is 3.13. The molecular weight excluding hydrogens is 300 g/mol. The molecule has 2 aromatic rings. The Balaban J connectivity index is 1.79. The smallest absolute Gasteiger partial charge is 0.221 e. The molecule has 0 aromatic heterocycles. The molecule has 0 heterocycles. The molecule has 4 heteroatoms. The van der Waals surface area contributed by atoms with Crippen molar-refractivity contribution in [2.45, 2.75) is 32.4 Å². The molecule has 1 aliphatic rings. The molecule has 1 aliphatic carbocycles. The Morgan fingerprint density at radius 1 is 1.25 bits per heavy atom. The number of nitrogens with zero attached hydrogens (tertiary/aromatic N) is 1. The molecule has 1 unspecified atom stereocenters. The Morgan fingerprint density at radius 2 is 2.08 bits per heavy atom. The van der Waals surface area contributed by atoms with Crippen LogP contribution in [0.1, 0.15) is 36.1 Å². The molecule has 0 saturated carbocycles. The standard InChI is InChI=1S/C20H24N2O2/c1-15(24)21-18-7-4-5-16(13-18)14-22(11-12-23)20-10-9-17-6-2-3-8-19(17)20/h2-8,13,20,23H,9-12,14H2,1H3,(H,21,24). The lowest BCUT2D eigenvalue weighted by Crippen LogP contribution is -2.30. The van der Waals surface area contributed by atoms with E-state index in [1.807, 2.05) is 18.2 Å². The average Bonchev–Trinajstić information content (AvgIpc) is 2.98. The molecule has 0 bridgehead atoms. The third-order valence-corrected chi connectivity index (χ3v) is 4.56. The molecular formula is C20H24N2O2. The van der Waals surface area contributed by atoms with Crippen LogP contribution in [0.25, 0.3) is 0 Å². The molecule has 0 aliphatic heterocycles. The fourth-order valence-electron chi connectivity index (χ4n) is 3.57. The van der Waals surface area contributed by atoms with Gasteiger partial charge in [0.05, 0.1) is 6.61 Å². The Kier molecular flexibility index (Phi) is 5.28. The van der Waals surface area contributed by atoms with E-state index in [1.165, 1.54) is 18.1 Å². The van der Waals surface area contributed by atoms with Crippen LogP contribution in [0, 0.1) is 0 Å². The van der Waals surface area contributed by atoms with Crippen molar-refractivity contribution >= 4 is 11.6 Å². The summed E-state index contributed by atoms with van der Waals surface area (Å²) < 4.78 is 0. The van der Waals surface area contributed by atoms with Gasteiger partial charge in [0.1, 0.15) is 0 Å². The number of nitrogens with one attached hydrogen (secondary N) is 1. The molecule has 126 valence electrons. The van der Waals surface area contributed by atoms with Crippen LogP contribution in [0.5, 0.6) is 0 Å². The van der Waals surface area contributed by atoms with Gasteiger partial charge in [-0.15, -0.1) is 0 Å². The van der Waals surface area contributed by atoms with Crippen molar-refractivity contribution in [3.05, 3.63) is 65.2 Å². The minimum Gasteiger partial charge on any atom is -0.395 e. The highest BCUT2D eigenvalue weighted by molar-refractivity contribution is 5.88. The molecule has 0 saturated heterocycles. The molecule has 1 atom stereocenters. The second-order valence-corrected chi connectivity index (χ2v) is 6.33. The molecule has 24 heavy (non-hydrogen) atoms. The van der Waals surface area contributed by atoms with Gasteiger partial charge in [-0.05, 0) is 41.7 Å². The number of hydrogen-bond donors (Lipinski definition) is 2. The first-order chi connectivity index (χ1) is 11.7. The van der Waals surface area contributed by atoms with Gasteiger partial charge in [0, 0.05) is 31.7 Å². The highest BCUT2D eigenvalue weighted by atomic mass is 16.3. The summed E-state index contributed by atoms with van der Waals surface area (Å²) in [7, 11) is 0. The van der Waals surface area contributed by atoms with Crippen LogP contribution >= 0.6 is 0 Å². The van der Waals surface area contributed by atoms with E-state index in [9.17, 15) is 9.90 Å². The molecule has 0 spiro atoms. The number of aliphatic hydroxyl groups is 1. The summed E-state index contributed by atoms with van der Waals surface area (Å²) in [5.41, 5.74) is 4.75. The third-order valence-electron chi connectivity index (χ3n) is 4.56. The molecule has 0 radical (unpaired) electrons. The highest BCUT2D eigenvalue weighted by Gasteiger charge is 2.27. The first-order valence-corrected chi connectivity index (χ1v) is 8.46. The summed E-state index contributed by atoms with van der Waals surface area (Å²) >= 11 is 0. The maximum Gasteiger partial charge on any atom is 0.221 e. The van der Waals surface area contributed by atoms with Gasteiger partial charge in [-0.2, -0.15) is 0 Å². The highest BCUT2D eigenvalue weighted by Crippen LogP contribution is 2.36. The van der Waals surface area contributed by atoms with Crippen molar-refractivity contribution < 1.29 is 9.90 Å². The first kappa shape index (κ1) is 16.7. The van der Waals surface area contributed by atoms with Gasteiger partial charge < -0.3 is 10.4 Å². The van der Waals surface area contributed by atoms with Crippen molar-refractivity contribution in [1.29, 1.82) is 0 Å². The summed E-state index contributed by atoms with van der Waals surface area (Å²) in [5.74, 6) is -0.0657. The summed E-state index contributed by atoms with van der Waals surface area (Å²) in [6.45, 7) is 3.06. The first-order valence-electron chi connectivity index (χ1n) is 8.46. The maximum atomic E-state index is 11.2. The normalized spacial score (nSPS) is 16.2. The average molecular weight is 324 g/mol. The topological polar surface area (TPSA) is 52.6 Å². The van der Waals surface area contributed by atoms with Crippen LogP contribution in [0.15, 0.2) is 48.5 Å². The van der Waals surface area contributed by atoms with E-state index in [0.29, 0.717) is 12.6 Å². The second kappa shape index (κ2) is 7.60. The number of hydrogen-bond acceptors (Lipinski definition) is 3. The largest absolute Gasteiger partial charge is 0.395 e. The summed E-state index contributed by atoms with van der Waals surface area (Å²) in [4.78, 5) is 13.6. The number of aliphatic hydroxyl groups excluding tert-OH is 1. The van der Waals surface area contributed by atoms with Gasteiger partial charge >= 0.3 is 0 Å². The van der Waals surface area contributed by atoms with Crippen molar-refractivity contribution in [2.75, 3.05) is 18.5 Å². The van der Waals surface area contributed by atoms with E-state index < -0.39 is 0 Å². The van der Waals surface area contributed by atoms with E-state index in [4.69, 9.17) is 0 Å². The fraction of sp³-hybridized carbons (Fsp3) is 0.350. The number of benzene rings is 2. The second-order valence-electron chi connectivity index (χ2n) is 6.33. The zero-order valence-corrected chi connectivity index (χ0v) is 14.0. The summed E-state index contributed by atoms with van der Waals surface area (Å²) in [5, 5.41) is 12.3. The number of aryl methyl sites for hydroxylation is 1. The van der Waals surface area contributed by atoms with Crippen molar-refractivity contribution in [3.8, 4) is 0 Å². The van der Waals surface area contributed by atoms with Gasteiger partial charge in [0.15, 0.2) is 0 Å². The quantitative estimate of drug-likeness (QED) is 0.858. The zero-order valence-electron chi connectivity index (χ0n) is 14.0. The predicted molar refractivity (Wildman–Crippen MR) is 95.7 cm³/mol. The monoisotopic (exact) mass is 324 g/mol. The molecule has 2 N–H and O–H groups in total. The van der Waals surface area contributed by atoms with E-state index in [1.54, 1.807) is 0 Å². The number of carbonyl (C=O) groups excluding carboxylic acids is 1. The van der Waals surface area contributed by atoms with E-state index in [-0.39, 0.29) is 12.5 Å². The number of carbonyl (C=O) groups is 1. The SMILES string of the molecule is CC(=O)Nc1cccc(CN(CCO)C2CCc3ccccc32)c1. The summed E-state index contributed by atoms with van der Waals surface area (Å²) in [6, 6.07) is 16.8. The molecule has 4 nitrogen and oxygen atoms in total. The molecule has 2 aromatic carbocycles. The van der Waals surface area contributed by atoms with E-state index in [2.05, 4.69) is 40.5 Å². The van der Waals surface area contributed by atoms with Crippen LogP contribution < -0.4 is 5.32 Å². The van der Waals surface area contributed by atoms with Gasteiger partial charge in [-0.3, -0.25) is 9.69 Å². The fourth-order valence-corrected chi connectivity index (χ4v) is 3.57. The van der Waals surface area contributed by atoms with Crippen LogP contribution in [0.3, 0.4) is 0 Å².